The summed E-state index contributed by atoms with van der Waals surface area (Å²) in [6, 6.07) is 0. The molecule has 60 valence electrons. The van der Waals surface area contributed by atoms with Gasteiger partial charge in [0, 0.05) is 6.42 Å². The molecular formula is C7H13F2N. The van der Waals surface area contributed by atoms with Gasteiger partial charge < -0.3 is 5.32 Å². The highest BCUT2D eigenvalue weighted by Gasteiger charge is 2.25. The topological polar surface area (TPSA) is 12.0 Å². The largest absolute Gasteiger partial charge is 0.316 e. The average molecular weight is 149 g/mol. The van der Waals surface area contributed by atoms with Gasteiger partial charge in [-0.25, -0.2) is 8.78 Å². The third-order valence-corrected chi connectivity index (χ3v) is 1.86. The maximum Gasteiger partial charge on any atom is 0.245 e. The van der Waals surface area contributed by atoms with Crippen LogP contribution in [0.3, 0.4) is 0 Å². The van der Waals surface area contributed by atoms with Gasteiger partial charge in [-0.1, -0.05) is 0 Å². The molecule has 0 amide bonds. The van der Waals surface area contributed by atoms with Gasteiger partial charge in [0.2, 0.25) is 5.92 Å². The molecule has 0 unspecified atom stereocenters. The zero-order chi connectivity index (χ0) is 7.61. The van der Waals surface area contributed by atoms with Crippen molar-refractivity contribution >= 4 is 0 Å². The molecule has 1 nitrogen and oxygen atoms in total. The fraction of sp³-hybridized carbons (Fsp3) is 1.00. The highest BCUT2D eigenvalue weighted by Crippen LogP contribution is 2.23. The Morgan fingerprint density at radius 1 is 1.50 bits per heavy atom. The van der Waals surface area contributed by atoms with E-state index in [4.69, 9.17) is 0 Å². The second-order valence-corrected chi connectivity index (χ2v) is 3.13. The molecule has 1 aliphatic heterocycles. The predicted octanol–water partition coefficient (Wildman–Crippen LogP) is 1.64. The molecule has 0 atom stereocenters. The van der Waals surface area contributed by atoms with E-state index in [1.165, 1.54) is 0 Å². The molecule has 1 N–H and O–H groups in total. The van der Waals surface area contributed by atoms with Crippen molar-refractivity contribution in [3.63, 3.8) is 0 Å². The summed E-state index contributed by atoms with van der Waals surface area (Å²) in [5.74, 6) is -1.96. The Morgan fingerprint density at radius 3 is 2.40 bits per heavy atom. The van der Waals surface area contributed by atoms with E-state index in [-0.39, 0.29) is 6.42 Å². The third-order valence-electron chi connectivity index (χ3n) is 1.86. The van der Waals surface area contributed by atoms with Gasteiger partial charge >= 0.3 is 0 Å². The Kier molecular flexibility index (Phi) is 2.24. The lowest BCUT2D eigenvalue weighted by molar-refractivity contribution is 0.00448. The SMILES string of the molecule is CC(F)(F)CCC1CNC1. The van der Waals surface area contributed by atoms with Crippen molar-refractivity contribution in [3.05, 3.63) is 0 Å². The summed E-state index contributed by atoms with van der Waals surface area (Å²) in [7, 11) is 0. The van der Waals surface area contributed by atoms with Gasteiger partial charge in [-0.2, -0.15) is 0 Å². The zero-order valence-electron chi connectivity index (χ0n) is 6.16. The van der Waals surface area contributed by atoms with Gasteiger partial charge in [-0.05, 0) is 32.4 Å². The monoisotopic (exact) mass is 149 g/mol. The number of rotatable bonds is 3. The number of halogens is 2. The molecule has 0 aliphatic carbocycles. The molecule has 1 rings (SSSR count). The van der Waals surface area contributed by atoms with Gasteiger partial charge in [0.15, 0.2) is 0 Å². The van der Waals surface area contributed by atoms with Crippen molar-refractivity contribution in [3.8, 4) is 0 Å². The quantitative estimate of drug-likeness (QED) is 0.643. The standard InChI is InChI=1S/C7H13F2N/c1-7(8,9)3-2-6-4-10-5-6/h6,10H,2-5H2,1H3. The van der Waals surface area contributed by atoms with E-state index in [0.717, 1.165) is 20.0 Å². The average Bonchev–Trinajstić information content (AvgIpc) is 1.56. The van der Waals surface area contributed by atoms with Crippen molar-refractivity contribution in [2.24, 2.45) is 5.92 Å². The van der Waals surface area contributed by atoms with Gasteiger partial charge in [0.25, 0.3) is 0 Å². The van der Waals surface area contributed by atoms with Crippen LogP contribution in [0.25, 0.3) is 0 Å². The molecule has 0 aromatic heterocycles. The van der Waals surface area contributed by atoms with Crippen LogP contribution in [0.15, 0.2) is 0 Å². The molecule has 0 saturated carbocycles. The van der Waals surface area contributed by atoms with Crippen LogP contribution in [0.4, 0.5) is 8.78 Å². The minimum absolute atomic E-state index is 0.0410. The van der Waals surface area contributed by atoms with E-state index >= 15 is 0 Å². The maximum atomic E-state index is 12.2. The summed E-state index contributed by atoms with van der Waals surface area (Å²) in [6.07, 6.45) is 0.704. The fourth-order valence-electron chi connectivity index (χ4n) is 1.01. The Balaban J connectivity index is 2.04. The molecule has 1 aliphatic rings. The number of hydrogen-bond acceptors (Lipinski definition) is 1. The fourth-order valence-corrected chi connectivity index (χ4v) is 1.01. The zero-order valence-corrected chi connectivity index (χ0v) is 6.16. The lowest BCUT2D eigenvalue weighted by Gasteiger charge is -2.27. The van der Waals surface area contributed by atoms with Crippen molar-refractivity contribution in [1.29, 1.82) is 0 Å². The summed E-state index contributed by atoms with van der Waals surface area (Å²) in [4.78, 5) is 0. The van der Waals surface area contributed by atoms with E-state index in [2.05, 4.69) is 5.32 Å². The van der Waals surface area contributed by atoms with Gasteiger partial charge in [0.1, 0.15) is 0 Å². The molecule has 1 fully saturated rings. The molecule has 1 saturated heterocycles. The second kappa shape index (κ2) is 2.82. The Bertz CT molecular complexity index is 105. The van der Waals surface area contributed by atoms with Crippen molar-refractivity contribution < 1.29 is 8.78 Å². The highest BCUT2D eigenvalue weighted by molar-refractivity contribution is 4.76. The first-order chi connectivity index (χ1) is 4.58. The number of hydrogen-bond donors (Lipinski definition) is 1. The van der Waals surface area contributed by atoms with Crippen molar-refractivity contribution in [2.45, 2.75) is 25.7 Å². The van der Waals surface area contributed by atoms with Crippen LogP contribution < -0.4 is 5.32 Å². The van der Waals surface area contributed by atoms with Crippen LogP contribution in [-0.2, 0) is 0 Å². The molecular weight excluding hydrogens is 136 g/mol. The van der Waals surface area contributed by atoms with Crippen LogP contribution in [0.2, 0.25) is 0 Å². The Hall–Kier alpha value is -0.180. The van der Waals surface area contributed by atoms with E-state index in [9.17, 15) is 8.78 Å². The Morgan fingerprint density at radius 2 is 2.10 bits per heavy atom. The molecule has 0 radical (unpaired) electrons. The highest BCUT2D eigenvalue weighted by atomic mass is 19.3. The molecule has 3 heteroatoms. The summed E-state index contributed by atoms with van der Waals surface area (Å²) < 4.78 is 24.4. The van der Waals surface area contributed by atoms with Gasteiger partial charge in [-0.3, -0.25) is 0 Å². The summed E-state index contributed by atoms with van der Waals surface area (Å²) in [5, 5.41) is 3.05. The van der Waals surface area contributed by atoms with E-state index in [1.807, 2.05) is 0 Å². The van der Waals surface area contributed by atoms with Crippen LogP contribution in [0, 0.1) is 5.92 Å². The van der Waals surface area contributed by atoms with Crippen molar-refractivity contribution in [1.82, 2.24) is 5.32 Å². The summed E-state index contributed by atoms with van der Waals surface area (Å²) in [6.45, 7) is 2.84. The molecule has 0 aromatic carbocycles. The molecule has 10 heavy (non-hydrogen) atoms. The molecule has 1 heterocycles. The van der Waals surface area contributed by atoms with E-state index < -0.39 is 5.92 Å². The number of nitrogens with one attached hydrogen (secondary N) is 1. The van der Waals surface area contributed by atoms with Gasteiger partial charge in [-0.15, -0.1) is 0 Å². The maximum absolute atomic E-state index is 12.2. The summed E-state index contributed by atoms with van der Waals surface area (Å²) in [5.41, 5.74) is 0. The molecule has 0 bridgehead atoms. The molecule has 0 aromatic rings. The second-order valence-electron chi connectivity index (χ2n) is 3.13. The predicted molar refractivity (Wildman–Crippen MR) is 36.2 cm³/mol. The van der Waals surface area contributed by atoms with Crippen LogP contribution in [0.1, 0.15) is 19.8 Å². The first-order valence-electron chi connectivity index (χ1n) is 3.66. The minimum Gasteiger partial charge on any atom is -0.316 e. The summed E-state index contributed by atoms with van der Waals surface area (Å²) >= 11 is 0. The van der Waals surface area contributed by atoms with Crippen LogP contribution in [-0.4, -0.2) is 19.0 Å². The van der Waals surface area contributed by atoms with E-state index in [0.29, 0.717) is 12.3 Å². The third kappa shape index (κ3) is 2.60. The van der Waals surface area contributed by atoms with E-state index in [1.54, 1.807) is 0 Å². The van der Waals surface area contributed by atoms with Crippen LogP contribution in [0.5, 0.6) is 0 Å². The van der Waals surface area contributed by atoms with Crippen molar-refractivity contribution in [2.75, 3.05) is 13.1 Å². The normalized spacial score (nSPS) is 20.7. The smallest absolute Gasteiger partial charge is 0.245 e. The van der Waals surface area contributed by atoms with Gasteiger partial charge in [0.05, 0.1) is 0 Å². The molecule has 0 spiro atoms. The first kappa shape index (κ1) is 7.92. The lowest BCUT2D eigenvalue weighted by Crippen LogP contribution is -2.42. The first-order valence-corrected chi connectivity index (χ1v) is 3.66. The minimum atomic E-state index is -2.46. The van der Waals surface area contributed by atoms with Crippen LogP contribution >= 0.6 is 0 Å². The lowest BCUT2D eigenvalue weighted by atomic mass is 9.96. The Labute approximate surface area is 59.8 Å². The number of alkyl halides is 2.